The number of carbonyl (C=O) groups is 1. The second-order valence-corrected chi connectivity index (χ2v) is 8.34. The fourth-order valence-electron chi connectivity index (χ4n) is 3.64. The van der Waals surface area contributed by atoms with E-state index in [1.807, 2.05) is 25.1 Å². The van der Waals surface area contributed by atoms with Gasteiger partial charge in [-0.25, -0.2) is 4.98 Å². The van der Waals surface area contributed by atoms with Crippen LogP contribution in [0.15, 0.2) is 36.4 Å². The average Bonchev–Trinajstić information content (AvgIpc) is 2.90. The highest BCUT2D eigenvalue weighted by Gasteiger charge is 2.23. The highest BCUT2D eigenvalue weighted by atomic mass is 32.1. The molecular formula is C21H22N4O3S. The Labute approximate surface area is 172 Å². The molecule has 29 heavy (non-hydrogen) atoms. The largest absolute Gasteiger partial charge is 0.366 e. The Bertz CT molecular complexity index is 1070. The van der Waals surface area contributed by atoms with Crippen molar-refractivity contribution in [3.05, 3.63) is 57.6 Å². The summed E-state index contributed by atoms with van der Waals surface area (Å²) in [5, 5.41) is 14.9. The number of aromatic nitrogens is 1. The van der Waals surface area contributed by atoms with Crippen LogP contribution in [0.2, 0.25) is 0 Å². The lowest BCUT2D eigenvalue weighted by Crippen LogP contribution is -2.25. The molecule has 2 aromatic carbocycles. The quantitative estimate of drug-likeness (QED) is 0.475. The molecule has 4 rings (SSSR count). The first-order chi connectivity index (χ1) is 14.0. The predicted molar refractivity (Wildman–Crippen MR) is 116 cm³/mol. The summed E-state index contributed by atoms with van der Waals surface area (Å²) in [7, 11) is 0. The van der Waals surface area contributed by atoms with Crippen molar-refractivity contribution in [2.75, 3.05) is 23.3 Å². The number of anilines is 2. The number of nitrogens with one attached hydrogen (secondary N) is 1. The van der Waals surface area contributed by atoms with E-state index in [-0.39, 0.29) is 11.3 Å². The van der Waals surface area contributed by atoms with Crippen molar-refractivity contribution in [1.82, 2.24) is 4.98 Å². The Morgan fingerprint density at radius 1 is 1.14 bits per heavy atom. The van der Waals surface area contributed by atoms with E-state index in [0.717, 1.165) is 54.6 Å². The summed E-state index contributed by atoms with van der Waals surface area (Å²) in [6.45, 7) is 3.61. The zero-order valence-corrected chi connectivity index (χ0v) is 17.0. The van der Waals surface area contributed by atoms with Crippen LogP contribution < -0.4 is 10.2 Å². The van der Waals surface area contributed by atoms with Crippen LogP contribution in [0.1, 0.15) is 41.6 Å². The van der Waals surface area contributed by atoms with Gasteiger partial charge in [-0.2, -0.15) is 0 Å². The van der Waals surface area contributed by atoms with Gasteiger partial charge in [0.25, 0.3) is 11.6 Å². The normalized spacial score (nSPS) is 14.6. The van der Waals surface area contributed by atoms with Crippen molar-refractivity contribution in [1.29, 1.82) is 0 Å². The topological polar surface area (TPSA) is 88.4 Å². The summed E-state index contributed by atoms with van der Waals surface area (Å²) in [6, 6.07) is 10.6. The molecule has 1 aromatic heterocycles. The maximum Gasteiger partial charge on any atom is 0.293 e. The molecule has 7 nitrogen and oxygen atoms in total. The molecule has 1 aliphatic heterocycles. The summed E-state index contributed by atoms with van der Waals surface area (Å²) >= 11 is 1.39. The van der Waals surface area contributed by atoms with Gasteiger partial charge in [0, 0.05) is 24.7 Å². The SMILES string of the molecule is Cc1ccc2nc(NC(=O)c3ccc(N4CCCCCC4)c([N+](=O)[O-])c3)sc2c1. The lowest BCUT2D eigenvalue weighted by atomic mass is 10.1. The Morgan fingerprint density at radius 3 is 2.62 bits per heavy atom. The molecule has 0 radical (unpaired) electrons. The van der Waals surface area contributed by atoms with Gasteiger partial charge in [-0.3, -0.25) is 20.2 Å². The van der Waals surface area contributed by atoms with Gasteiger partial charge < -0.3 is 4.90 Å². The molecule has 0 spiro atoms. The molecule has 0 atom stereocenters. The standard InChI is InChI=1S/C21H22N4O3S/c1-14-6-8-16-19(12-14)29-21(22-16)23-20(26)15-7-9-17(18(13-15)25(27)28)24-10-4-2-3-5-11-24/h6-9,12-13H,2-5,10-11H2,1H3,(H,22,23,26). The molecule has 0 bridgehead atoms. The van der Waals surface area contributed by atoms with Crippen molar-refractivity contribution in [3.8, 4) is 0 Å². The Kier molecular flexibility index (Phi) is 5.44. The molecule has 3 aromatic rings. The number of carbonyl (C=O) groups excluding carboxylic acids is 1. The van der Waals surface area contributed by atoms with E-state index in [4.69, 9.17) is 0 Å². The molecule has 2 heterocycles. The molecule has 0 saturated carbocycles. The average molecular weight is 410 g/mol. The van der Waals surface area contributed by atoms with Gasteiger partial charge in [0.2, 0.25) is 0 Å². The first-order valence-electron chi connectivity index (χ1n) is 9.73. The van der Waals surface area contributed by atoms with Crippen LogP contribution in [-0.4, -0.2) is 28.9 Å². The molecule has 0 aliphatic carbocycles. The Hall–Kier alpha value is -3.00. The maximum absolute atomic E-state index is 12.7. The number of fused-ring (bicyclic) bond motifs is 1. The number of rotatable bonds is 4. The van der Waals surface area contributed by atoms with Crippen LogP contribution >= 0.6 is 11.3 Å². The van der Waals surface area contributed by atoms with E-state index in [1.165, 1.54) is 17.4 Å². The molecule has 0 unspecified atom stereocenters. The second kappa shape index (κ2) is 8.16. The number of amides is 1. The van der Waals surface area contributed by atoms with E-state index in [0.29, 0.717) is 10.8 Å². The number of hydrogen-bond donors (Lipinski definition) is 1. The van der Waals surface area contributed by atoms with Crippen molar-refractivity contribution < 1.29 is 9.72 Å². The van der Waals surface area contributed by atoms with Gasteiger partial charge in [0.1, 0.15) is 5.69 Å². The number of benzene rings is 2. The number of nitro benzene ring substituents is 1. The number of hydrogen-bond acceptors (Lipinski definition) is 6. The summed E-state index contributed by atoms with van der Waals surface area (Å²) in [4.78, 5) is 30.4. The lowest BCUT2D eigenvalue weighted by Gasteiger charge is -2.22. The Morgan fingerprint density at radius 2 is 1.90 bits per heavy atom. The van der Waals surface area contributed by atoms with E-state index in [1.54, 1.807) is 12.1 Å². The number of nitrogens with zero attached hydrogens (tertiary/aromatic N) is 3. The fourth-order valence-corrected chi connectivity index (χ4v) is 4.60. The molecule has 1 amide bonds. The molecule has 8 heteroatoms. The van der Waals surface area contributed by atoms with E-state index in [2.05, 4.69) is 15.2 Å². The Balaban J connectivity index is 1.59. The number of thiazole rings is 1. The predicted octanol–water partition coefficient (Wildman–Crippen LogP) is 5.15. The second-order valence-electron chi connectivity index (χ2n) is 7.31. The third-order valence-electron chi connectivity index (χ3n) is 5.15. The number of nitro groups is 1. The van der Waals surface area contributed by atoms with Crippen LogP contribution in [0.25, 0.3) is 10.2 Å². The van der Waals surface area contributed by atoms with Crippen LogP contribution in [0.4, 0.5) is 16.5 Å². The van der Waals surface area contributed by atoms with Crippen LogP contribution in [0.5, 0.6) is 0 Å². The monoisotopic (exact) mass is 410 g/mol. The summed E-state index contributed by atoms with van der Waals surface area (Å²) < 4.78 is 0.989. The smallest absolute Gasteiger partial charge is 0.293 e. The van der Waals surface area contributed by atoms with Crippen molar-refractivity contribution in [3.63, 3.8) is 0 Å². The minimum Gasteiger partial charge on any atom is -0.366 e. The van der Waals surface area contributed by atoms with Crippen molar-refractivity contribution in [2.45, 2.75) is 32.6 Å². The van der Waals surface area contributed by atoms with Crippen LogP contribution in [0, 0.1) is 17.0 Å². The summed E-state index contributed by atoms with van der Waals surface area (Å²) in [5.41, 5.74) is 2.76. The van der Waals surface area contributed by atoms with Crippen LogP contribution in [0.3, 0.4) is 0 Å². The van der Waals surface area contributed by atoms with E-state index < -0.39 is 10.8 Å². The van der Waals surface area contributed by atoms with Gasteiger partial charge in [-0.1, -0.05) is 30.2 Å². The summed E-state index contributed by atoms with van der Waals surface area (Å²) in [5.74, 6) is -0.397. The molecule has 150 valence electrons. The fraction of sp³-hybridized carbons (Fsp3) is 0.333. The van der Waals surface area contributed by atoms with E-state index in [9.17, 15) is 14.9 Å². The highest BCUT2D eigenvalue weighted by molar-refractivity contribution is 7.22. The molecule has 1 N–H and O–H groups in total. The van der Waals surface area contributed by atoms with Gasteiger partial charge >= 0.3 is 0 Å². The molecular weight excluding hydrogens is 388 g/mol. The lowest BCUT2D eigenvalue weighted by molar-refractivity contribution is -0.384. The maximum atomic E-state index is 12.7. The van der Waals surface area contributed by atoms with Gasteiger partial charge in [0.05, 0.1) is 15.1 Å². The van der Waals surface area contributed by atoms with Gasteiger partial charge in [0.15, 0.2) is 5.13 Å². The number of aryl methyl sites for hydroxylation is 1. The highest BCUT2D eigenvalue weighted by Crippen LogP contribution is 2.32. The van der Waals surface area contributed by atoms with Gasteiger partial charge in [-0.15, -0.1) is 0 Å². The molecule has 1 saturated heterocycles. The molecule has 1 aliphatic rings. The first kappa shape index (κ1) is 19.3. The van der Waals surface area contributed by atoms with Crippen LogP contribution in [-0.2, 0) is 0 Å². The van der Waals surface area contributed by atoms with Crippen molar-refractivity contribution in [2.24, 2.45) is 0 Å². The minimum atomic E-state index is -0.405. The molecule has 1 fully saturated rings. The third kappa shape index (κ3) is 4.22. The zero-order valence-electron chi connectivity index (χ0n) is 16.2. The minimum absolute atomic E-state index is 0.0283. The third-order valence-corrected chi connectivity index (χ3v) is 6.08. The van der Waals surface area contributed by atoms with E-state index >= 15 is 0 Å². The zero-order chi connectivity index (χ0) is 20.4. The van der Waals surface area contributed by atoms with Gasteiger partial charge in [-0.05, 0) is 49.6 Å². The first-order valence-corrected chi connectivity index (χ1v) is 10.5. The summed E-state index contributed by atoms with van der Waals surface area (Å²) in [6.07, 6.45) is 4.34. The van der Waals surface area contributed by atoms with Crippen molar-refractivity contribution >= 4 is 44.0 Å².